The minimum atomic E-state index is -0.503. The highest BCUT2D eigenvalue weighted by Gasteiger charge is 2.29. The zero-order chi connectivity index (χ0) is 17.1. The van der Waals surface area contributed by atoms with Crippen LogP contribution in [0.3, 0.4) is 0 Å². The normalized spacial score (nSPS) is 20.9. The Morgan fingerprint density at radius 2 is 2.12 bits per heavy atom. The number of morpholine rings is 1. The predicted molar refractivity (Wildman–Crippen MR) is 91.3 cm³/mol. The Labute approximate surface area is 144 Å². The van der Waals surface area contributed by atoms with Crippen LogP contribution in [0.15, 0.2) is 17.5 Å². The molecule has 0 amide bonds. The van der Waals surface area contributed by atoms with E-state index in [2.05, 4.69) is 15.2 Å². The van der Waals surface area contributed by atoms with Crippen LogP contribution in [0, 0.1) is 0 Å². The first kappa shape index (κ1) is 16.8. The molecule has 0 aliphatic carbocycles. The van der Waals surface area contributed by atoms with Gasteiger partial charge in [0.05, 0.1) is 23.7 Å². The molecule has 0 aromatic carbocycles. The van der Waals surface area contributed by atoms with E-state index in [1.54, 1.807) is 6.92 Å². The number of nitrogens with zero attached hydrogens (tertiary/aromatic N) is 4. The summed E-state index contributed by atoms with van der Waals surface area (Å²) in [5.74, 6) is 0.519. The summed E-state index contributed by atoms with van der Waals surface area (Å²) in [6, 6.07) is 3.86. The molecule has 24 heavy (non-hydrogen) atoms. The monoisotopic (exact) mass is 348 g/mol. The van der Waals surface area contributed by atoms with Crippen molar-refractivity contribution in [3.05, 3.63) is 23.2 Å². The van der Waals surface area contributed by atoms with Crippen LogP contribution in [-0.4, -0.2) is 53.1 Å². The average molecular weight is 348 g/mol. The maximum atomic E-state index is 12.2. The third-order valence-corrected chi connectivity index (χ3v) is 4.46. The van der Waals surface area contributed by atoms with Crippen LogP contribution in [0.1, 0.15) is 31.3 Å². The first-order valence-corrected chi connectivity index (χ1v) is 8.82. The molecule has 8 heteroatoms. The Bertz CT molecular complexity index is 697. The van der Waals surface area contributed by atoms with Crippen LogP contribution in [0.25, 0.3) is 10.7 Å². The van der Waals surface area contributed by atoms with Crippen molar-refractivity contribution in [2.24, 2.45) is 0 Å². The number of ether oxygens (including phenoxy) is 2. The van der Waals surface area contributed by atoms with E-state index in [4.69, 9.17) is 9.47 Å². The van der Waals surface area contributed by atoms with E-state index in [0.717, 1.165) is 4.88 Å². The molecular formula is C16H20N4O3S. The van der Waals surface area contributed by atoms with Gasteiger partial charge in [-0.3, -0.25) is 0 Å². The summed E-state index contributed by atoms with van der Waals surface area (Å²) in [6.07, 6.45) is 0.0906. The lowest BCUT2D eigenvalue weighted by Crippen LogP contribution is -2.46. The maximum absolute atomic E-state index is 12.2. The van der Waals surface area contributed by atoms with Gasteiger partial charge in [0, 0.05) is 13.1 Å². The Hall–Kier alpha value is -2.06. The molecule has 1 aliphatic rings. The second kappa shape index (κ2) is 7.23. The lowest BCUT2D eigenvalue weighted by molar-refractivity contribution is -0.00564. The fourth-order valence-electron chi connectivity index (χ4n) is 2.73. The van der Waals surface area contributed by atoms with Crippen molar-refractivity contribution in [1.82, 2.24) is 15.2 Å². The van der Waals surface area contributed by atoms with E-state index >= 15 is 0 Å². The van der Waals surface area contributed by atoms with Crippen LogP contribution in [0.4, 0.5) is 5.82 Å². The van der Waals surface area contributed by atoms with Crippen LogP contribution in [-0.2, 0) is 9.47 Å². The maximum Gasteiger partial charge on any atom is 0.362 e. The summed E-state index contributed by atoms with van der Waals surface area (Å²) in [5.41, 5.74) is 0.151. The topological polar surface area (TPSA) is 77.4 Å². The molecule has 1 fully saturated rings. The number of aromatic nitrogens is 3. The average Bonchev–Trinajstić information content (AvgIpc) is 3.08. The molecule has 0 unspecified atom stereocenters. The summed E-state index contributed by atoms with van der Waals surface area (Å²) in [6.45, 7) is 7.32. The molecule has 0 saturated carbocycles. The largest absolute Gasteiger partial charge is 0.461 e. The van der Waals surface area contributed by atoms with Crippen molar-refractivity contribution in [1.29, 1.82) is 0 Å². The van der Waals surface area contributed by atoms with Crippen LogP contribution in [0.5, 0.6) is 0 Å². The van der Waals surface area contributed by atoms with E-state index in [-0.39, 0.29) is 24.5 Å². The fraction of sp³-hybridized carbons (Fsp3) is 0.500. The number of thiophene rings is 1. The van der Waals surface area contributed by atoms with Crippen molar-refractivity contribution in [3.63, 3.8) is 0 Å². The van der Waals surface area contributed by atoms with Crippen molar-refractivity contribution < 1.29 is 14.3 Å². The van der Waals surface area contributed by atoms with Crippen molar-refractivity contribution in [3.8, 4) is 10.7 Å². The first-order valence-electron chi connectivity index (χ1n) is 7.94. The lowest BCUT2D eigenvalue weighted by atomic mass is 10.2. The molecule has 1 saturated heterocycles. The summed E-state index contributed by atoms with van der Waals surface area (Å²) >= 11 is 1.53. The minimum absolute atomic E-state index is 0.0453. The predicted octanol–water partition coefficient (Wildman–Crippen LogP) is 2.39. The third-order valence-electron chi connectivity index (χ3n) is 3.60. The highest BCUT2D eigenvalue weighted by Crippen LogP contribution is 2.26. The quantitative estimate of drug-likeness (QED) is 0.785. The fourth-order valence-corrected chi connectivity index (χ4v) is 3.38. The Morgan fingerprint density at radius 3 is 2.75 bits per heavy atom. The van der Waals surface area contributed by atoms with Gasteiger partial charge in [0.25, 0.3) is 0 Å². The minimum Gasteiger partial charge on any atom is -0.461 e. The summed E-state index contributed by atoms with van der Waals surface area (Å²) in [4.78, 5) is 19.8. The number of anilines is 1. The SMILES string of the molecule is CCOC(=O)c1nnc(-c2cccs2)nc1N1C[C@@H](C)O[C@@H](C)C1. The molecular weight excluding hydrogens is 328 g/mol. The Kier molecular flexibility index (Phi) is 5.06. The molecule has 0 spiro atoms. The van der Waals surface area contributed by atoms with Gasteiger partial charge in [-0.05, 0) is 32.2 Å². The number of carbonyl (C=O) groups excluding carboxylic acids is 1. The number of rotatable bonds is 4. The number of carbonyl (C=O) groups is 1. The molecule has 7 nitrogen and oxygen atoms in total. The second-order valence-corrected chi connectivity index (χ2v) is 6.62. The van der Waals surface area contributed by atoms with Gasteiger partial charge in [0.1, 0.15) is 0 Å². The standard InChI is InChI=1S/C16H20N4O3S/c1-4-22-16(21)13-15(20-8-10(2)23-11(3)9-20)17-14(19-18-13)12-6-5-7-24-12/h5-7,10-11H,4,8-9H2,1-3H3/t10-,11+. The molecule has 2 aromatic rings. The summed E-state index contributed by atoms with van der Waals surface area (Å²) < 4.78 is 10.9. The molecule has 3 rings (SSSR count). The number of esters is 1. The molecule has 3 heterocycles. The van der Waals surface area contributed by atoms with E-state index in [1.165, 1.54) is 11.3 Å². The van der Waals surface area contributed by atoms with Gasteiger partial charge in [0.2, 0.25) is 5.69 Å². The Balaban J connectivity index is 2.01. The smallest absolute Gasteiger partial charge is 0.362 e. The van der Waals surface area contributed by atoms with Gasteiger partial charge in [-0.25, -0.2) is 9.78 Å². The third kappa shape index (κ3) is 3.54. The molecule has 0 radical (unpaired) electrons. The van der Waals surface area contributed by atoms with Crippen LogP contribution < -0.4 is 4.90 Å². The number of hydrogen-bond donors (Lipinski definition) is 0. The van der Waals surface area contributed by atoms with Gasteiger partial charge in [-0.1, -0.05) is 6.07 Å². The number of hydrogen-bond acceptors (Lipinski definition) is 8. The van der Waals surface area contributed by atoms with Gasteiger partial charge >= 0.3 is 5.97 Å². The van der Waals surface area contributed by atoms with Gasteiger partial charge in [-0.15, -0.1) is 21.5 Å². The lowest BCUT2D eigenvalue weighted by Gasteiger charge is -2.36. The van der Waals surface area contributed by atoms with E-state index < -0.39 is 5.97 Å². The second-order valence-electron chi connectivity index (χ2n) is 5.67. The van der Waals surface area contributed by atoms with Crippen LogP contribution >= 0.6 is 11.3 Å². The summed E-state index contributed by atoms with van der Waals surface area (Å²) in [5, 5.41) is 10.2. The summed E-state index contributed by atoms with van der Waals surface area (Å²) in [7, 11) is 0. The van der Waals surface area contributed by atoms with E-state index in [0.29, 0.717) is 24.7 Å². The van der Waals surface area contributed by atoms with Crippen molar-refractivity contribution in [2.75, 3.05) is 24.6 Å². The van der Waals surface area contributed by atoms with Gasteiger partial charge in [0.15, 0.2) is 11.6 Å². The molecule has 2 atom stereocenters. The molecule has 2 aromatic heterocycles. The van der Waals surface area contributed by atoms with Crippen molar-refractivity contribution >= 4 is 23.1 Å². The highest BCUT2D eigenvalue weighted by atomic mass is 32.1. The van der Waals surface area contributed by atoms with E-state index in [1.807, 2.05) is 36.3 Å². The van der Waals surface area contributed by atoms with Crippen molar-refractivity contribution in [2.45, 2.75) is 33.0 Å². The molecule has 0 bridgehead atoms. The Morgan fingerprint density at radius 1 is 1.38 bits per heavy atom. The highest BCUT2D eigenvalue weighted by molar-refractivity contribution is 7.13. The van der Waals surface area contributed by atoms with Crippen LogP contribution in [0.2, 0.25) is 0 Å². The molecule has 128 valence electrons. The first-order chi connectivity index (χ1) is 11.6. The molecule has 0 N–H and O–H groups in total. The van der Waals surface area contributed by atoms with E-state index in [9.17, 15) is 4.79 Å². The zero-order valence-electron chi connectivity index (χ0n) is 13.9. The van der Waals surface area contributed by atoms with Gasteiger partial charge < -0.3 is 14.4 Å². The zero-order valence-corrected chi connectivity index (χ0v) is 14.7. The van der Waals surface area contributed by atoms with Gasteiger partial charge in [-0.2, -0.15) is 0 Å². The molecule has 1 aliphatic heterocycles.